The maximum atomic E-state index is 9.85. The van der Waals surface area contributed by atoms with Gasteiger partial charge in [-0.05, 0) is 50.8 Å². The van der Waals surface area contributed by atoms with E-state index in [-0.39, 0.29) is 0 Å². The van der Waals surface area contributed by atoms with Crippen molar-refractivity contribution in [2.24, 2.45) is 5.73 Å². The Morgan fingerprint density at radius 3 is 2.33 bits per heavy atom. The third kappa shape index (κ3) is 3.72. The summed E-state index contributed by atoms with van der Waals surface area (Å²) in [6.45, 7) is 5.24. The molecule has 3 heteroatoms. The highest BCUT2D eigenvalue weighted by Crippen LogP contribution is 2.32. The van der Waals surface area contributed by atoms with Crippen LogP contribution in [0.1, 0.15) is 38.7 Å². The van der Waals surface area contributed by atoms with Crippen LogP contribution in [0.4, 0.5) is 5.69 Å². The first kappa shape index (κ1) is 13.4. The molecule has 0 radical (unpaired) electrons. The van der Waals surface area contributed by atoms with Gasteiger partial charge in [0, 0.05) is 24.8 Å². The lowest BCUT2D eigenvalue weighted by atomic mass is 10.0. The van der Waals surface area contributed by atoms with E-state index in [1.54, 1.807) is 0 Å². The number of nitrogens with two attached hydrogens (primary N) is 1. The molecule has 3 nitrogen and oxygen atoms in total. The van der Waals surface area contributed by atoms with Gasteiger partial charge in [-0.2, -0.15) is 0 Å². The largest absolute Gasteiger partial charge is 0.390 e. The number of rotatable bonds is 6. The first-order chi connectivity index (χ1) is 8.49. The predicted molar refractivity (Wildman–Crippen MR) is 75.6 cm³/mol. The van der Waals surface area contributed by atoms with Crippen molar-refractivity contribution in [1.82, 2.24) is 0 Å². The predicted octanol–water partition coefficient (Wildman–Crippen LogP) is 2.28. The van der Waals surface area contributed by atoms with Gasteiger partial charge >= 0.3 is 0 Å². The van der Waals surface area contributed by atoms with Crippen molar-refractivity contribution in [2.45, 2.75) is 51.3 Å². The van der Waals surface area contributed by atoms with Gasteiger partial charge in [0.15, 0.2) is 0 Å². The molecule has 0 aromatic heterocycles. The number of hydrogen-bond donors (Lipinski definition) is 2. The summed E-state index contributed by atoms with van der Waals surface area (Å²) in [6, 6.07) is 9.13. The molecular formula is C15H24N2O. The molecule has 2 rings (SSSR count). The first-order valence-corrected chi connectivity index (χ1v) is 6.77. The molecule has 1 aromatic rings. The van der Waals surface area contributed by atoms with Gasteiger partial charge in [-0.3, -0.25) is 0 Å². The summed E-state index contributed by atoms with van der Waals surface area (Å²) in [5.41, 5.74) is 7.44. The molecule has 0 heterocycles. The molecular weight excluding hydrogens is 224 g/mol. The summed E-state index contributed by atoms with van der Waals surface area (Å²) in [7, 11) is 0. The monoisotopic (exact) mass is 248 g/mol. The van der Waals surface area contributed by atoms with Gasteiger partial charge in [0.2, 0.25) is 0 Å². The van der Waals surface area contributed by atoms with Crippen molar-refractivity contribution >= 4 is 5.69 Å². The van der Waals surface area contributed by atoms with E-state index in [1.807, 2.05) is 13.8 Å². The molecule has 0 unspecified atom stereocenters. The molecule has 0 spiro atoms. The van der Waals surface area contributed by atoms with Crippen LogP contribution in [0, 0.1) is 0 Å². The number of nitrogens with zero attached hydrogens (tertiary/aromatic N) is 1. The molecule has 0 atom stereocenters. The smallest absolute Gasteiger partial charge is 0.0608 e. The summed E-state index contributed by atoms with van der Waals surface area (Å²) in [5, 5.41) is 9.85. The summed E-state index contributed by atoms with van der Waals surface area (Å²) in [6.07, 6.45) is 3.33. The zero-order chi connectivity index (χ0) is 13.2. The molecule has 1 saturated carbocycles. The number of aliphatic hydroxyl groups is 1. The van der Waals surface area contributed by atoms with Gasteiger partial charge in [-0.15, -0.1) is 0 Å². The lowest BCUT2D eigenvalue weighted by molar-refractivity contribution is 0.0730. The van der Waals surface area contributed by atoms with Crippen molar-refractivity contribution in [1.29, 1.82) is 0 Å². The van der Waals surface area contributed by atoms with E-state index in [9.17, 15) is 5.11 Å². The molecule has 0 aliphatic heterocycles. The second-order valence-electron chi connectivity index (χ2n) is 5.86. The molecule has 1 aromatic carbocycles. The topological polar surface area (TPSA) is 49.5 Å². The Kier molecular flexibility index (Phi) is 3.93. The van der Waals surface area contributed by atoms with Crippen molar-refractivity contribution in [2.75, 3.05) is 11.4 Å². The molecule has 100 valence electrons. The van der Waals surface area contributed by atoms with E-state index < -0.39 is 5.60 Å². The highest BCUT2D eigenvalue weighted by Gasteiger charge is 2.30. The normalized spacial score (nSPS) is 15.8. The van der Waals surface area contributed by atoms with Gasteiger partial charge in [0.25, 0.3) is 0 Å². The SMILES string of the molecule is CC(C)(O)CCN(c1ccc(CN)cc1)C1CC1. The van der Waals surface area contributed by atoms with Crippen LogP contribution in [0.5, 0.6) is 0 Å². The second kappa shape index (κ2) is 5.29. The lowest BCUT2D eigenvalue weighted by Gasteiger charge is -2.28. The third-order valence-corrected chi connectivity index (χ3v) is 3.46. The fourth-order valence-electron chi connectivity index (χ4n) is 2.13. The second-order valence-corrected chi connectivity index (χ2v) is 5.86. The highest BCUT2D eigenvalue weighted by atomic mass is 16.3. The van der Waals surface area contributed by atoms with Gasteiger partial charge in [0.1, 0.15) is 0 Å². The average molecular weight is 248 g/mol. The van der Waals surface area contributed by atoms with Gasteiger partial charge in [-0.1, -0.05) is 12.1 Å². The Bertz CT molecular complexity index is 376. The van der Waals surface area contributed by atoms with Gasteiger partial charge in [-0.25, -0.2) is 0 Å². The van der Waals surface area contributed by atoms with Crippen LogP contribution in [0.15, 0.2) is 24.3 Å². The molecule has 0 bridgehead atoms. The Morgan fingerprint density at radius 2 is 1.89 bits per heavy atom. The van der Waals surface area contributed by atoms with Gasteiger partial charge in [0.05, 0.1) is 5.60 Å². The third-order valence-electron chi connectivity index (χ3n) is 3.46. The van der Waals surface area contributed by atoms with Gasteiger partial charge < -0.3 is 15.7 Å². The molecule has 0 saturated heterocycles. The van der Waals surface area contributed by atoms with Crippen LogP contribution in [-0.2, 0) is 6.54 Å². The van der Waals surface area contributed by atoms with E-state index in [1.165, 1.54) is 18.5 Å². The van der Waals surface area contributed by atoms with Crippen LogP contribution in [0.2, 0.25) is 0 Å². The zero-order valence-electron chi connectivity index (χ0n) is 11.4. The van der Waals surface area contributed by atoms with E-state index in [2.05, 4.69) is 29.2 Å². The standard InChI is InChI=1S/C15H24N2O/c1-15(2,18)9-10-17(14-7-8-14)13-5-3-12(11-16)4-6-13/h3-6,14,18H,7-11,16H2,1-2H3. The van der Waals surface area contributed by atoms with Crippen LogP contribution in [0.25, 0.3) is 0 Å². The van der Waals surface area contributed by atoms with E-state index in [0.717, 1.165) is 18.5 Å². The summed E-state index contributed by atoms with van der Waals surface area (Å²) < 4.78 is 0. The lowest BCUT2D eigenvalue weighted by Crippen LogP contribution is -2.32. The van der Waals surface area contributed by atoms with Crippen LogP contribution < -0.4 is 10.6 Å². The van der Waals surface area contributed by atoms with E-state index in [4.69, 9.17) is 5.73 Å². The van der Waals surface area contributed by atoms with Crippen molar-refractivity contribution in [3.63, 3.8) is 0 Å². The first-order valence-electron chi connectivity index (χ1n) is 6.77. The number of benzene rings is 1. The zero-order valence-corrected chi connectivity index (χ0v) is 11.4. The van der Waals surface area contributed by atoms with Crippen LogP contribution in [0.3, 0.4) is 0 Å². The minimum atomic E-state index is -0.593. The fourth-order valence-corrected chi connectivity index (χ4v) is 2.13. The summed E-state index contributed by atoms with van der Waals surface area (Å²) in [4.78, 5) is 2.41. The maximum absolute atomic E-state index is 9.85. The highest BCUT2D eigenvalue weighted by molar-refractivity contribution is 5.49. The minimum absolute atomic E-state index is 0.591. The quantitative estimate of drug-likeness (QED) is 0.812. The van der Waals surface area contributed by atoms with Crippen LogP contribution >= 0.6 is 0 Å². The summed E-state index contributed by atoms with van der Waals surface area (Å²) in [5.74, 6) is 0. The van der Waals surface area contributed by atoms with Crippen LogP contribution in [-0.4, -0.2) is 23.3 Å². The summed E-state index contributed by atoms with van der Waals surface area (Å²) >= 11 is 0. The molecule has 0 amide bonds. The average Bonchev–Trinajstić information content (AvgIpc) is 3.13. The maximum Gasteiger partial charge on any atom is 0.0608 e. The minimum Gasteiger partial charge on any atom is -0.390 e. The Balaban J connectivity index is 2.04. The van der Waals surface area contributed by atoms with E-state index >= 15 is 0 Å². The molecule has 1 fully saturated rings. The Hall–Kier alpha value is -1.06. The number of anilines is 1. The Morgan fingerprint density at radius 1 is 1.28 bits per heavy atom. The molecule has 1 aliphatic rings. The van der Waals surface area contributed by atoms with Crippen molar-refractivity contribution in [3.05, 3.63) is 29.8 Å². The van der Waals surface area contributed by atoms with Crippen molar-refractivity contribution < 1.29 is 5.11 Å². The molecule has 3 N–H and O–H groups in total. The Labute approximate surface area is 110 Å². The molecule has 18 heavy (non-hydrogen) atoms. The number of hydrogen-bond acceptors (Lipinski definition) is 3. The molecule has 1 aliphatic carbocycles. The van der Waals surface area contributed by atoms with E-state index in [0.29, 0.717) is 12.6 Å². The van der Waals surface area contributed by atoms with Crippen molar-refractivity contribution in [3.8, 4) is 0 Å². The fraction of sp³-hybridized carbons (Fsp3) is 0.600.